The molecule has 0 saturated heterocycles. The second-order valence-electron chi connectivity index (χ2n) is 8.51. The lowest BCUT2D eigenvalue weighted by atomic mass is 9.68. The topological polar surface area (TPSA) is 67.4 Å². The third-order valence-electron chi connectivity index (χ3n) is 6.26. The molecule has 1 aromatic heterocycles. The number of nitrogens with one attached hydrogen (secondary N) is 2. The molecule has 0 aromatic carbocycles. The molecule has 1 aromatic rings. The number of rotatable bonds is 1. The fraction of sp³-hybridized carbons (Fsp3) is 0.545. The van der Waals surface area contributed by atoms with Crippen molar-refractivity contribution < 1.29 is 14.3 Å². The van der Waals surface area contributed by atoms with E-state index in [-0.39, 0.29) is 18.0 Å². The van der Waals surface area contributed by atoms with Crippen molar-refractivity contribution in [3.05, 3.63) is 39.6 Å². The van der Waals surface area contributed by atoms with Crippen LogP contribution >= 0.6 is 11.3 Å². The summed E-state index contributed by atoms with van der Waals surface area (Å²) in [5.74, 6) is 1.72. The SMILES string of the molecule is COC(=O)c1sc2cc1NC(=O)NC1C=CC(=CC1C)CC1CC(C1)CC2C. The summed E-state index contributed by atoms with van der Waals surface area (Å²) in [6.45, 7) is 4.34. The Morgan fingerprint density at radius 3 is 2.71 bits per heavy atom. The van der Waals surface area contributed by atoms with Crippen LogP contribution in [0.1, 0.15) is 60.0 Å². The van der Waals surface area contributed by atoms with Crippen LogP contribution in [0, 0.1) is 17.8 Å². The van der Waals surface area contributed by atoms with Gasteiger partial charge in [0.2, 0.25) is 0 Å². The third kappa shape index (κ3) is 3.88. The molecule has 3 unspecified atom stereocenters. The Morgan fingerprint density at radius 2 is 2.00 bits per heavy atom. The Kier molecular flexibility index (Phi) is 5.32. The van der Waals surface area contributed by atoms with Crippen molar-refractivity contribution in [1.82, 2.24) is 5.32 Å². The smallest absolute Gasteiger partial charge is 0.350 e. The molecule has 3 aliphatic heterocycles. The Labute approximate surface area is 170 Å². The minimum atomic E-state index is -0.404. The van der Waals surface area contributed by atoms with Gasteiger partial charge in [-0.25, -0.2) is 9.59 Å². The minimum absolute atomic E-state index is 0.0515. The molecule has 28 heavy (non-hydrogen) atoms. The van der Waals surface area contributed by atoms with Crippen LogP contribution in [0.3, 0.4) is 0 Å². The summed E-state index contributed by atoms with van der Waals surface area (Å²) in [4.78, 5) is 26.4. The minimum Gasteiger partial charge on any atom is -0.465 e. The average molecular weight is 401 g/mol. The first-order valence-electron chi connectivity index (χ1n) is 10.1. The molecule has 3 atom stereocenters. The first-order chi connectivity index (χ1) is 13.4. The van der Waals surface area contributed by atoms with Gasteiger partial charge in [0.15, 0.2) is 0 Å². The van der Waals surface area contributed by atoms with Crippen molar-refractivity contribution in [1.29, 1.82) is 0 Å². The van der Waals surface area contributed by atoms with Gasteiger partial charge in [-0.1, -0.05) is 37.6 Å². The van der Waals surface area contributed by atoms with E-state index in [0.29, 0.717) is 16.5 Å². The Balaban J connectivity index is 1.63. The highest BCUT2D eigenvalue weighted by Crippen LogP contribution is 2.45. The molecule has 6 rings (SSSR count). The van der Waals surface area contributed by atoms with Gasteiger partial charge >= 0.3 is 12.0 Å². The van der Waals surface area contributed by atoms with Crippen molar-refractivity contribution in [2.45, 2.75) is 51.5 Å². The van der Waals surface area contributed by atoms with E-state index >= 15 is 0 Å². The lowest BCUT2D eigenvalue weighted by Gasteiger charge is -2.38. The van der Waals surface area contributed by atoms with Gasteiger partial charge in [0.25, 0.3) is 0 Å². The molecule has 0 spiro atoms. The molecule has 5 aliphatic rings. The second kappa shape index (κ2) is 7.74. The van der Waals surface area contributed by atoms with E-state index < -0.39 is 5.97 Å². The monoisotopic (exact) mass is 400 g/mol. The molecule has 1 fully saturated rings. The molecule has 5 nitrogen and oxygen atoms in total. The van der Waals surface area contributed by atoms with Crippen LogP contribution in [-0.2, 0) is 4.74 Å². The normalized spacial score (nSPS) is 32.0. The zero-order valence-corrected chi connectivity index (χ0v) is 17.5. The first-order valence-corrected chi connectivity index (χ1v) is 10.9. The number of carbonyl (C=O) groups excluding carboxylic acids is 2. The summed E-state index contributed by atoms with van der Waals surface area (Å²) >= 11 is 1.44. The van der Waals surface area contributed by atoms with Crippen molar-refractivity contribution in [2.75, 3.05) is 12.4 Å². The summed E-state index contributed by atoms with van der Waals surface area (Å²) in [7, 11) is 1.37. The van der Waals surface area contributed by atoms with Gasteiger partial charge in [-0.2, -0.15) is 0 Å². The number of ether oxygens (including phenoxy) is 1. The Bertz CT molecular complexity index is 835. The summed E-state index contributed by atoms with van der Waals surface area (Å²) in [5.41, 5.74) is 1.93. The van der Waals surface area contributed by atoms with Gasteiger partial charge in [0.1, 0.15) is 4.88 Å². The largest absolute Gasteiger partial charge is 0.465 e. The molecule has 0 radical (unpaired) electrons. The summed E-state index contributed by atoms with van der Waals surface area (Å²) < 4.78 is 4.93. The van der Waals surface area contributed by atoms with Crippen LogP contribution < -0.4 is 10.6 Å². The van der Waals surface area contributed by atoms with Gasteiger partial charge in [0, 0.05) is 4.88 Å². The number of hydrogen-bond acceptors (Lipinski definition) is 4. The van der Waals surface area contributed by atoms with Crippen LogP contribution in [0.2, 0.25) is 0 Å². The lowest BCUT2D eigenvalue weighted by Crippen LogP contribution is -2.41. The van der Waals surface area contributed by atoms with Crippen LogP contribution in [0.25, 0.3) is 0 Å². The number of urea groups is 1. The van der Waals surface area contributed by atoms with Crippen LogP contribution in [-0.4, -0.2) is 25.2 Å². The van der Waals surface area contributed by atoms with Crippen LogP contribution in [0.4, 0.5) is 10.5 Å². The fourth-order valence-electron chi connectivity index (χ4n) is 4.70. The predicted molar refractivity (Wildman–Crippen MR) is 112 cm³/mol. The van der Waals surface area contributed by atoms with Crippen molar-refractivity contribution in [3.8, 4) is 0 Å². The second-order valence-corrected chi connectivity index (χ2v) is 9.60. The van der Waals surface area contributed by atoms with Crippen molar-refractivity contribution >= 4 is 29.0 Å². The number of thiophene rings is 1. The van der Waals surface area contributed by atoms with Crippen LogP contribution in [0.15, 0.2) is 29.9 Å². The number of anilines is 1. The standard InChI is InChI=1S/C22H28N2O3S/c1-12-6-14-4-5-17(12)23-22(26)24-18-11-19(28-20(18)21(25)27-3)13(2)7-15-9-16(8-14)10-15/h4-6,11-13,15-17H,7-10H2,1-3H3,(H2,23,24,26). The molecule has 2 amide bonds. The highest BCUT2D eigenvalue weighted by molar-refractivity contribution is 7.14. The number of carbonyl (C=O) groups is 2. The van der Waals surface area contributed by atoms with E-state index in [1.807, 2.05) is 6.07 Å². The summed E-state index contributed by atoms with van der Waals surface area (Å²) in [6, 6.07) is 1.60. The van der Waals surface area contributed by atoms with Gasteiger partial charge in [-0.05, 0) is 55.4 Å². The van der Waals surface area contributed by atoms with E-state index in [1.54, 1.807) is 0 Å². The van der Waals surface area contributed by atoms with E-state index in [2.05, 4.69) is 42.7 Å². The van der Waals surface area contributed by atoms with Crippen molar-refractivity contribution in [3.63, 3.8) is 0 Å². The molecule has 6 bridgehead atoms. The quantitative estimate of drug-likeness (QED) is 0.646. The Hall–Kier alpha value is -2.08. The predicted octanol–water partition coefficient (Wildman–Crippen LogP) is 5.08. The number of methoxy groups -OCH3 is 1. The van der Waals surface area contributed by atoms with Crippen molar-refractivity contribution in [2.24, 2.45) is 17.8 Å². The molecule has 4 heterocycles. The number of allylic oxidation sites excluding steroid dienone is 2. The third-order valence-corrected chi connectivity index (χ3v) is 7.61. The highest BCUT2D eigenvalue weighted by Gasteiger charge is 2.32. The van der Waals surface area contributed by atoms with Gasteiger partial charge in [-0.3, -0.25) is 0 Å². The zero-order chi connectivity index (χ0) is 19.8. The van der Waals surface area contributed by atoms with Crippen LogP contribution in [0.5, 0.6) is 0 Å². The number of fused-ring (bicyclic) bond motifs is 1. The van der Waals surface area contributed by atoms with Gasteiger partial charge in [-0.15, -0.1) is 11.3 Å². The average Bonchev–Trinajstić information content (AvgIpc) is 3.04. The Morgan fingerprint density at radius 1 is 1.21 bits per heavy atom. The number of hydrogen-bond donors (Lipinski definition) is 2. The fourth-order valence-corrected chi connectivity index (χ4v) is 5.79. The van der Waals surface area contributed by atoms with E-state index in [0.717, 1.165) is 29.6 Å². The van der Waals surface area contributed by atoms with Gasteiger partial charge in [0.05, 0.1) is 18.8 Å². The first kappa shape index (κ1) is 19.2. The summed E-state index contributed by atoms with van der Waals surface area (Å²) in [5, 5.41) is 5.90. The zero-order valence-electron chi connectivity index (χ0n) is 16.7. The molecule has 2 aliphatic carbocycles. The molecule has 150 valence electrons. The van der Waals surface area contributed by atoms with E-state index in [9.17, 15) is 9.59 Å². The van der Waals surface area contributed by atoms with E-state index in [4.69, 9.17) is 4.74 Å². The number of amides is 2. The molecular weight excluding hydrogens is 372 g/mol. The van der Waals surface area contributed by atoms with E-state index in [1.165, 1.54) is 36.9 Å². The molecular formula is C22H28N2O3S. The highest BCUT2D eigenvalue weighted by atomic mass is 32.1. The summed E-state index contributed by atoms with van der Waals surface area (Å²) in [6.07, 6.45) is 11.4. The maximum atomic E-state index is 12.6. The number of esters is 1. The maximum Gasteiger partial charge on any atom is 0.350 e. The molecule has 6 heteroatoms. The molecule has 2 N–H and O–H groups in total. The van der Waals surface area contributed by atoms with Gasteiger partial charge < -0.3 is 15.4 Å². The lowest BCUT2D eigenvalue weighted by molar-refractivity contribution is 0.0607. The maximum absolute atomic E-state index is 12.6. The molecule has 1 saturated carbocycles.